The van der Waals surface area contributed by atoms with Crippen LogP contribution in [0, 0.1) is 0 Å². The van der Waals surface area contributed by atoms with Crippen LogP contribution in [-0.4, -0.2) is 48.9 Å². The molecule has 0 aliphatic rings. The zero-order valence-corrected chi connectivity index (χ0v) is 11.6. The number of hydrogen-bond acceptors (Lipinski definition) is 8. The Morgan fingerprint density at radius 3 is 1.25 bits per heavy atom. The van der Waals surface area contributed by atoms with Crippen LogP contribution in [0.1, 0.15) is 16.4 Å². The topological polar surface area (TPSA) is 104 Å². The maximum atomic E-state index is 7.24. The highest BCUT2D eigenvalue weighted by Gasteiger charge is 1.84. The molecular formula is C8H24N4S4. The van der Waals surface area contributed by atoms with E-state index in [9.17, 15) is 0 Å². The van der Waals surface area contributed by atoms with E-state index in [0.717, 1.165) is 0 Å². The average Bonchev–Trinajstić information content (AvgIpc) is 2.38. The summed E-state index contributed by atoms with van der Waals surface area (Å²) in [5.41, 5.74) is 14.9. The molecule has 0 amide bonds. The van der Waals surface area contributed by atoms with Crippen molar-refractivity contribution >= 4 is 43.2 Å². The molecule has 0 fully saturated rings. The number of hydrogen-bond donors (Lipinski definition) is 4. The first kappa shape index (κ1) is 6.13. The van der Waals surface area contributed by atoms with E-state index in [1.807, 2.05) is 0 Å². The fraction of sp³-hybridized carbons (Fsp3) is 1.00. The first-order valence-corrected chi connectivity index (χ1v) is 8.32. The summed E-state index contributed by atoms with van der Waals surface area (Å²) in [5.74, 6) is 0.265. The van der Waals surface area contributed by atoms with Crippen molar-refractivity contribution in [2.75, 3.05) is 48.9 Å². The second kappa shape index (κ2) is 21.5. The molecule has 100 valence electrons. The van der Waals surface area contributed by atoms with Gasteiger partial charge >= 0.3 is 0 Å². The Labute approximate surface area is 132 Å². The first-order chi connectivity index (χ1) is 11.9. The van der Waals surface area contributed by atoms with E-state index in [4.69, 9.17) is 39.4 Å². The van der Waals surface area contributed by atoms with Gasteiger partial charge in [-0.1, -0.05) is 43.2 Å². The monoisotopic (exact) mass is 316 g/mol. The maximum Gasteiger partial charge on any atom is 0.0434 e. The van der Waals surface area contributed by atoms with Crippen molar-refractivity contribution in [3.63, 3.8) is 0 Å². The van der Waals surface area contributed by atoms with E-state index in [0.29, 0.717) is 0 Å². The lowest BCUT2D eigenvalue weighted by molar-refractivity contribution is 1.15. The van der Waals surface area contributed by atoms with Crippen molar-refractivity contribution in [2.24, 2.45) is 22.9 Å². The minimum Gasteiger partial charge on any atom is -0.330 e. The van der Waals surface area contributed by atoms with Crippen LogP contribution in [0.15, 0.2) is 0 Å². The van der Waals surface area contributed by atoms with Crippen LogP contribution in [0.25, 0.3) is 0 Å². The third kappa shape index (κ3) is 24.5. The lowest BCUT2D eigenvalue weighted by Crippen LogP contribution is -2.02. The molecule has 0 rings (SSSR count). The lowest BCUT2D eigenvalue weighted by Gasteiger charge is -1.93. The quantitative estimate of drug-likeness (QED) is 0.342. The van der Waals surface area contributed by atoms with Gasteiger partial charge in [-0.25, -0.2) is 0 Å². The third-order valence-corrected chi connectivity index (χ3v) is 3.79. The molecule has 0 atom stereocenters. The summed E-state index contributed by atoms with van der Waals surface area (Å²) in [6.45, 7) is -8.72. The molecule has 0 radical (unpaired) electrons. The molecule has 0 aliphatic heterocycles. The van der Waals surface area contributed by atoms with Crippen molar-refractivity contribution in [3.8, 4) is 0 Å². The molecule has 0 saturated carbocycles. The predicted octanol–water partition coefficient (Wildman–Crippen LogP) is 0.570. The highest BCUT2D eigenvalue weighted by atomic mass is 33.1. The Hall–Kier alpha value is 1.24. The number of rotatable bonds is 10. The minimum absolute atomic E-state index is 0.133. The van der Waals surface area contributed by atoms with E-state index in [-0.39, 0.29) is 33.1 Å². The Balaban J connectivity index is 0. The molecule has 0 saturated heterocycles. The smallest absolute Gasteiger partial charge is 0.0434 e. The summed E-state index contributed by atoms with van der Waals surface area (Å²) in [7, 11) is 2.72. The van der Waals surface area contributed by atoms with E-state index >= 15 is 0 Å². The molecule has 0 aliphatic carbocycles. The molecule has 16 heavy (non-hydrogen) atoms. The van der Waals surface area contributed by atoms with Crippen molar-refractivity contribution in [3.05, 3.63) is 0 Å². The average molecular weight is 317 g/mol. The van der Waals surface area contributed by atoms with Crippen molar-refractivity contribution < 1.29 is 16.4 Å². The first-order valence-electron chi connectivity index (χ1n) is 9.68. The summed E-state index contributed by atoms with van der Waals surface area (Å²) in [6.07, 6.45) is 0. The van der Waals surface area contributed by atoms with Crippen LogP contribution >= 0.6 is 43.2 Å². The summed E-state index contributed by atoms with van der Waals surface area (Å²) in [5, 5.41) is 0. The van der Waals surface area contributed by atoms with Gasteiger partial charge in [0.2, 0.25) is 0 Å². The summed E-state index contributed by atoms with van der Waals surface area (Å²) >= 11 is 0. The summed E-state index contributed by atoms with van der Waals surface area (Å²) < 4.78 is 84.7. The summed E-state index contributed by atoms with van der Waals surface area (Å²) in [4.78, 5) is 0. The molecule has 0 aromatic carbocycles. The molecule has 0 heterocycles. The SMILES string of the molecule is [2H]C([2H])(N)C([2H])([2H])SSC([2H])([2H])C([2H])([2H])N.[2H]C([2H])(N)CSSCC([2H])([2H])N. The van der Waals surface area contributed by atoms with Crippen molar-refractivity contribution in [1.82, 2.24) is 0 Å². The zero-order chi connectivity index (χ0) is 23.2. The van der Waals surface area contributed by atoms with Gasteiger partial charge in [0.05, 0.1) is 0 Å². The number of nitrogens with two attached hydrogens (primary N) is 4. The maximum absolute atomic E-state index is 7.24. The van der Waals surface area contributed by atoms with Gasteiger partial charge < -0.3 is 22.9 Å². The summed E-state index contributed by atoms with van der Waals surface area (Å²) in [6, 6.07) is 0. The van der Waals surface area contributed by atoms with Crippen LogP contribution in [0.4, 0.5) is 0 Å². The fourth-order valence-electron chi connectivity index (χ4n) is 0.241. The highest BCUT2D eigenvalue weighted by molar-refractivity contribution is 8.77. The molecule has 0 aromatic rings. The van der Waals surface area contributed by atoms with Gasteiger partial charge in [0.25, 0.3) is 0 Å². The largest absolute Gasteiger partial charge is 0.330 e. The van der Waals surface area contributed by atoms with Gasteiger partial charge in [-0.15, -0.1) is 0 Å². The van der Waals surface area contributed by atoms with E-state index in [2.05, 4.69) is 0 Å². The van der Waals surface area contributed by atoms with Gasteiger partial charge in [0, 0.05) is 65.4 Å². The Morgan fingerprint density at radius 1 is 0.625 bits per heavy atom. The van der Waals surface area contributed by atoms with E-state index in [1.54, 1.807) is 0 Å². The third-order valence-electron chi connectivity index (χ3n) is 0.611. The molecule has 4 nitrogen and oxygen atoms in total. The van der Waals surface area contributed by atoms with Crippen molar-refractivity contribution in [1.29, 1.82) is 0 Å². The van der Waals surface area contributed by atoms with Crippen LogP contribution in [0.5, 0.6) is 0 Å². The minimum atomic E-state index is -2.66. The second-order valence-electron chi connectivity index (χ2n) is 1.59. The van der Waals surface area contributed by atoms with E-state index < -0.39 is 37.4 Å². The fourth-order valence-corrected chi connectivity index (χ4v) is 2.17. The Bertz CT molecular complexity index is 417. The molecule has 8 N–H and O–H groups in total. The van der Waals surface area contributed by atoms with Crippen LogP contribution in [-0.2, 0) is 0 Å². The standard InChI is InChI=1S/2C4H12N2S2/c2*5-1-3-7-8-4-2-6/h2*1-6H2/i1D2,2D2,3D2,4D2;1D2,2D2. The zero-order valence-electron chi connectivity index (χ0n) is 20.4. The second-order valence-corrected chi connectivity index (χ2v) is 5.80. The van der Waals surface area contributed by atoms with Crippen LogP contribution in [0.3, 0.4) is 0 Å². The van der Waals surface area contributed by atoms with Gasteiger partial charge in [0.15, 0.2) is 0 Å². The molecule has 0 aromatic heterocycles. The normalized spacial score (nSPS) is 26.2. The van der Waals surface area contributed by atoms with Crippen LogP contribution < -0.4 is 22.9 Å². The van der Waals surface area contributed by atoms with Gasteiger partial charge in [-0.3, -0.25) is 0 Å². The van der Waals surface area contributed by atoms with Crippen molar-refractivity contribution in [2.45, 2.75) is 0 Å². The molecule has 8 heteroatoms. The van der Waals surface area contributed by atoms with Crippen LogP contribution in [0.2, 0.25) is 0 Å². The lowest BCUT2D eigenvalue weighted by atomic mass is 10.8. The highest BCUT2D eigenvalue weighted by Crippen LogP contribution is 2.18. The van der Waals surface area contributed by atoms with E-state index in [1.165, 1.54) is 21.6 Å². The molecule has 0 unspecified atom stereocenters. The van der Waals surface area contributed by atoms with Gasteiger partial charge in [-0.05, 0) is 0 Å². The predicted molar refractivity (Wildman–Crippen MR) is 86.0 cm³/mol. The Morgan fingerprint density at radius 2 is 1.00 bits per heavy atom. The van der Waals surface area contributed by atoms with Gasteiger partial charge in [-0.2, -0.15) is 0 Å². The molecule has 0 spiro atoms. The molecule has 0 bridgehead atoms. The van der Waals surface area contributed by atoms with Gasteiger partial charge in [0.1, 0.15) is 0 Å². The molecular weight excluding hydrogens is 280 g/mol. The Kier molecular flexibility index (Phi) is 8.24.